The van der Waals surface area contributed by atoms with Crippen LogP contribution in [0.15, 0.2) is 77.1 Å². The number of carbonyl (C=O) groups excluding carboxylic acids is 1. The summed E-state index contributed by atoms with van der Waals surface area (Å²) in [5, 5.41) is 12.9. The average Bonchev–Trinajstić information content (AvgIpc) is 3.23. The molecule has 2 aromatic heterocycles. The zero-order valence-electron chi connectivity index (χ0n) is 18.9. The molecule has 0 aliphatic carbocycles. The standard InChI is InChI=1S/C23H16NO.C5H8O2.Ir/c1-14-7-8-16-13-17(12-15(2)20(16)11-14)22-23-19(9-10-25-23)18-5-3-4-6-21(18)24-22;1-4(6)3-5(2)7;/h3-12H,1-2H3;3,6H,1-2H3;/q-1;;/b;4-3-;. The van der Waals surface area contributed by atoms with Crippen molar-refractivity contribution in [3.05, 3.63) is 89.9 Å². The summed E-state index contributed by atoms with van der Waals surface area (Å²) in [6.45, 7) is 7.10. The molecule has 1 N–H and O–H groups in total. The van der Waals surface area contributed by atoms with E-state index in [9.17, 15) is 4.79 Å². The second-order valence-electron chi connectivity index (χ2n) is 7.95. The smallest absolute Gasteiger partial charge is 0.155 e. The fourth-order valence-electron chi connectivity index (χ4n) is 3.85. The maximum atomic E-state index is 10.0. The van der Waals surface area contributed by atoms with Gasteiger partial charge in [-0.2, -0.15) is 0 Å². The molecule has 3 aromatic carbocycles. The predicted molar refractivity (Wildman–Crippen MR) is 130 cm³/mol. The number of nitrogens with zero attached hydrogens (tertiary/aromatic N) is 1. The Balaban J connectivity index is 0.000000337. The fraction of sp³-hybridized carbons (Fsp3) is 0.143. The molecule has 1 radical (unpaired) electrons. The molecular weight excluding hydrogens is 591 g/mol. The van der Waals surface area contributed by atoms with Crippen molar-refractivity contribution in [3.8, 4) is 11.3 Å². The summed E-state index contributed by atoms with van der Waals surface area (Å²) in [7, 11) is 0. The van der Waals surface area contributed by atoms with E-state index in [4.69, 9.17) is 14.5 Å². The normalized spacial score (nSPS) is 11.2. The van der Waals surface area contributed by atoms with Crippen LogP contribution in [0.3, 0.4) is 0 Å². The van der Waals surface area contributed by atoms with Crippen molar-refractivity contribution in [2.45, 2.75) is 27.7 Å². The number of aryl methyl sites for hydroxylation is 2. The van der Waals surface area contributed by atoms with Gasteiger partial charge < -0.3 is 9.52 Å². The molecule has 0 atom stereocenters. The topological polar surface area (TPSA) is 63.3 Å². The largest absolute Gasteiger partial charge is 0.512 e. The van der Waals surface area contributed by atoms with E-state index in [1.165, 1.54) is 36.4 Å². The van der Waals surface area contributed by atoms with Gasteiger partial charge in [0.1, 0.15) is 5.58 Å². The Labute approximate surface area is 206 Å². The van der Waals surface area contributed by atoms with Crippen molar-refractivity contribution < 1.29 is 34.4 Å². The monoisotopic (exact) mass is 615 g/mol. The summed E-state index contributed by atoms with van der Waals surface area (Å²) in [5.74, 6) is -0.0625. The number of allylic oxidation sites excluding steroid dienone is 2. The van der Waals surface area contributed by atoms with Crippen molar-refractivity contribution >= 4 is 38.4 Å². The van der Waals surface area contributed by atoms with Crippen LogP contribution in [0.5, 0.6) is 0 Å². The molecule has 33 heavy (non-hydrogen) atoms. The molecule has 0 bridgehead atoms. The minimum Gasteiger partial charge on any atom is -0.512 e. The Bertz CT molecular complexity index is 1490. The summed E-state index contributed by atoms with van der Waals surface area (Å²) >= 11 is 0. The van der Waals surface area contributed by atoms with E-state index < -0.39 is 0 Å². The van der Waals surface area contributed by atoms with Gasteiger partial charge in [-0.15, -0.1) is 29.1 Å². The van der Waals surface area contributed by atoms with Gasteiger partial charge in [-0.1, -0.05) is 53.8 Å². The summed E-state index contributed by atoms with van der Waals surface area (Å²) in [5.41, 5.74) is 6.10. The molecule has 2 heterocycles. The number of hydrogen-bond acceptors (Lipinski definition) is 4. The molecule has 0 spiro atoms. The number of aliphatic hydroxyl groups is 1. The van der Waals surface area contributed by atoms with Gasteiger partial charge in [0, 0.05) is 42.6 Å². The molecule has 0 saturated heterocycles. The number of para-hydroxylation sites is 1. The Morgan fingerprint density at radius 1 is 1.00 bits per heavy atom. The van der Waals surface area contributed by atoms with Gasteiger partial charge in [-0.25, -0.2) is 0 Å². The van der Waals surface area contributed by atoms with Gasteiger partial charge in [-0.05, 0) is 32.9 Å². The van der Waals surface area contributed by atoms with E-state index >= 15 is 0 Å². The number of hydrogen-bond donors (Lipinski definition) is 1. The van der Waals surface area contributed by atoms with Gasteiger partial charge in [0.15, 0.2) is 5.78 Å². The number of aliphatic hydroxyl groups excluding tert-OH is 1. The van der Waals surface area contributed by atoms with E-state index in [0.717, 1.165) is 38.5 Å². The third-order valence-electron chi connectivity index (χ3n) is 5.20. The van der Waals surface area contributed by atoms with Crippen molar-refractivity contribution in [2.24, 2.45) is 0 Å². The minimum atomic E-state index is -0.125. The molecule has 4 nitrogen and oxygen atoms in total. The number of furan rings is 1. The molecule has 0 aliphatic rings. The van der Waals surface area contributed by atoms with Crippen LogP contribution in [0.4, 0.5) is 0 Å². The molecule has 5 aromatic rings. The van der Waals surface area contributed by atoms with Crippen LogP contribution in [-0.2, 0) is 24.9 Å². The zero-order chi connectivity index (χ0) is 22.8. The third-order valence-corrected chi connectivity index (χ3v) is 5.20. The van der Waals surface area contributed by atoms with E-state index in [1.54, 1.807) is 6.26 Å². The number of ketones is 1. The first-order valence-electron chi connectivity index (χ1n) is 10.4. The van der Waals surface area contributed by atoms with Crippen LogP contribution in [0.2, 0.25) is 0 Å². The maximum absolute atomic E-state index is 10.0. The van der Waals surface area contributed by atoms with E-state index in [1.807, 2.05) is 24.3 Å². The van der Waals surface area contributed by atoms with Crippen molar-refractivity contribution in [3.63, 3.8) is 0 Å². The van der Waals surface area contributed by atoms with Gasteiger partial charge in [-0.3, -0.25) is 9.78 Å². The minimum absolute atomic E-state index is 0. The number of fused-ring (bicyclic) bond motifs is 4. The van der Waals surface area contributed by atoms with E-state index in [0.29, 0.717) is 0 Å². The fourth-order valence-corrected chi connectivity index (χ4v) is 3.85. The molecule has 0 saturated carbocycles. The van der Waals surface area contributed by atoms with Gasteiger partial charge in [0.2, 0.25) is 0 Å². The van der Waals surface area contributed by atoms with Gasteiger partial charge in [0.05, 0.1) is 17.5 Å². The van der Waals surface area contributed by atoms with Crippen LogP contribution < -0.4 is 0 Å². The van der Waals surface area contributed by atoms with E-state index in [-0.39, 0.29) is 31.6 Å². The summed E-state index contributed by atoms with van der Waals surface area (Å²) in [6.07, 6.45) is 2.90. The number of rotatable bonds is 2. The first-order chi connectivity index (χ1) is 15.3. The van der Waals surface area contributed by atoms with Crippen LogP contribution in [0.1, 0.15) is 25.0 Å². The molecule has 0 fully saturated rings. The maximum Gasteiger partial charge on any atom is 0.155 e. The second kappa shape index (κ2) is 10.1. The Hall–Kier alpha value is -3.27. The SMILES string of the molecule is CC(=O)/C=C(/C)O.Cc1ccc2[c-]c(-c3nc4ccccc4c4ccoc34)cc(C)c2c1.[Ir]. The first kappa shape index (κ1) is 24.4. The quantitative estimate of drug-likeness (QED) is 0.129. The molecular formula is C28H24IrNO3-. The first-order valence-corrected chi connectivity index (χ1v) is 10.4. The van der Waals surface area contributed by atoms with Crippen molar-refractivity contribution in [2.75, 3.05) is 0 Å². The summed E-state index contributed by atoms with van der Waals surface area (Å²) in [4.78, 5) is 14.9. The van der Waals surface area contributed by atoms with Crippen LogP contribution >= 0.6 is 0 Å². The number of benzene rings is 3. The van der Waals surface area contributed by atoms with Crippen molar-refractivity contribution in [1.82, 2.24) is 4.98 Å². The Morgan fingerprint density at radius 3 is 2.45 bits per heavy atom. The van der Waals surface area contributed by atoms with E-state index in [2.05, 4.69) is 50.2 Å². The molecule has 169 valence electrons. The number of pyridine rings is 1. The van der Waals surface area contributed by atoms with Gasteiger partial charge in [0.25, 0.3) is 0 Å². The second-order valence-corrected chi connectivity index (χ2v) is 7.95. The predicted octanol–water partition coefficient (Wildman–Crippen LogP) is 7.25. The van der Waals surface area contributed by atoms with Crippen LogP contribution in [0.25, 0.3) is 43.9 Å². The number of carbonyl (C=O) groups is 1. The average molecular weight is 615 g/mol. The molecule has 0 amide bonds. The molecule has 5 rings (SSSR count). The molecule has 0 aliphatic heterocycles. The zero-order valence-corrected chi connectivity index (χ0v) is 21.3. The summed E-state index contributed by atoms with van der Waals surface area (Å²) < 4.78 is 5.80. The van der Waals surface area contributed by atoms with Crippen LogP contribution in [-0.4, -0.2) is 15.9 Å². The Morgan fingerprint density at radius 2 is 1.76 bits per heavy atom. The third kappa shape index (κ3) is 5.22. The molecule has 0 unspecified atom stereocenters. The number of aromatic nitrogens is 1. The molecule has 5 heteroatoms. The van der Waals surface area contributed by atoms with Crippen LogP contribution in [0, 0.1) is 19.9 Å². The van der Waals surface area contributed by atoms with Crippen molar-refractivity contribution in [1.29, 1.82) is 0 Å². The summed E-state index contributed by atoms with van der Waals surface area (Å²) in [6, 6.07) is 22.3. The van der Waals surface area contributed by atoms with Gasteiger partial charge >= 0.3 is 0 Å². The Kier molecular flexibility index (Phi) is 7.47.